The predicted octanol–water partition coefficient (Wildman–Crippen LogP) is 17.0. The van der Waals surface area contributed by atoms with Crippen LogP contribution >= 0.6 is 0 Å². The van der Waals surface area contributed by atoms with Crippen molar-refractivity contribution in [3.8, 4) is 0 Å². The van der Waals surface area contributed by atoms with Crippen LogP contribution in [0.1, 0.15) is 226 Å². The van der Waals surface area contributed by atoms with Crippen LogP contribution < -0.4 is 0 Å². The van der Waals surface area contributed by atoms with Crippen LogP contribution in [0.4, 0.5) is 0 Å². The molecule has 0 aromatic heterocycles. The molecule has 0 saturated carbocycles. The summed E-state index contributed by atoms with van der Waals surface area (Å²) in [5.74, 6) is -1.83. The Labute approximate surface area is 446 Å². The zero-order chi connectivity index (χ0) is 53.9. The zero-order valence-corrected chi connectivity index (χ0v) is 46.8. The van der Waals surface area contributed by atoms with E-state index in [1.165, 1.54) is 38.5 Å². The molecule has 10 heteroatoms. The summed E-state index contributed by atoms with van der Waals surface area (Å²) in [4.78, 5) is 46.0. The van der Waals surface area contributed by atoms with E-state index >= 15 is 0 Å². The van der Waals surface area contributed by atoms with Gasteiger partial charge in [0.15, 0.2) is 0 Å². The Morgan fingerprint density at radius 3 is 1.12 bits per heavy atom. The van der Waals surface area contributed by atoms with Gasteiger partial charge in [0, 0.05) is 25.7 Å². The van der Waals surface area contributed by atoms with Crippen molar-refractivity contribution in [3.05, 3.63) is 109 Å². The van der Waals surface area contributed by atoms with E-state index in [2.05, 4.69) is 130 Å². The number of ether oxygens (including phenoxy) is 3. The lowest BCUT2D eigenvalue weighted by Gasteiger charge is -2.15. The SMILES string of the molecule is CC/C=C\C/C=C\C/C=C\CCCCCCCC(=O)O.CC/C=C\C/C=C\C/C=C\CCCCCCCC(=O)O.CC/C=C\C/C=C\C/C=C\CCCCCCCC(=O)O[C@H]1CC[C@@H](COC(=O)CN(C)C)O1. The number of allylic oxidation sites excluding steroid dienone is 18. The number of carbonyl (C=O) groups excluding carboxylic acids is 2. The summed E-state index contributed by atoms with van der Waals surface area (Å²) in [6.45, 7) is 6.90. The molecule has 1 aliphatic rings. The molecule has 1 fully saturated rings. The van der Waals surface area contributed by atoms with Crippen LogP contribution in [0.5, 0.6) is 0 Å². The van der Waals surface area contributed by atoms with Gasteiger partial charge in [-0.05, 0) is 136 Å². The summed E-state index contributed by atoms with van der Waals surface area (Å²) < 4.78 is 16.3. The average molecular weight is 1020 g/mol. The molecule has 73 heavy (non-hydrogen) atoms. The van der Waals surface area contributed by atoms with Crippen molar-refractivity contribution in [2.75, 3.05) is 27.2 Å². The highest BCUT2D eigenvalue weighted by Crippen LogP contribution is 2.22. The first-order valence-corrected chi connectivity index (χ1v) is 28.5. The fourth-order valence-electron chi connectivity index (χ4n) is 7.26. The van der Waals surface area contributed by atoms with Gasteiger partial charge in [-0.2, -0.15) is 0 Å². The lowest BCUT2D eigenvalue weighted by Crippen LogP contribution is -2.27. The van der Waals surface area contributed by atoms with Gasteiger partial charge in [0.25, 0.3) is 0 Å². The zero-order valence-electron chi connectivity index (χ0n) is 46.8. The van der Waals surface area contributed by atoms with E-state index in [4.69, 9.17) is 24.4 Å². The molecule has 2 N–H and O–H groups in total. The summed E-state index contributed by atoms with van der Waals surface area (Å²) in [5, 5.41) is 17.0. The van der Waals surface area contributed by atoms with Gasteiger partial charge in [-0.15, -0.1) is 0 Å². The minimum Gasteiger partial charge on any atom is -0.481 e. The average Bonchev–Trinajstić information content (AvgIpc) is 3.81. The first-order valence-electron chi connectivity index (χ1n) is 28.5. The molecule has 0 unspecified atom stereocenters. The Kier molecular flexibility index (Phi) is 56.4. The molecular weight excluding hydrogens is 915 g/mol. The van der Waals surface area contributed by atoms with E-state index < -0.39 is 18.2 Å². The summed E-state index contributed by atoms with van der Waals surface area (Å²) in [6, 6.07) is 0. The minimum absolute atomic E-state index is 0.193. The molecule has 0 bridgehead atoms. The molecule has 1 aliphatic heterocycles. The maximum Gasteiger partial charge on any atom is 0.320 e. The highest BCUT2D eigenvalue weighted by Gasteiger charge is 2.29. The Morgan fingerprint density at radius 1 is 0.438 bits per heavy atom. The van der Waals surface area contributed by atoms with Crippen molar-refractivity contribution in [2.24, 2.45) is 0 Å². The Morgan fingerprint density at radius 2 is 0.767 bits per heavy atom. The number of likely N-dealkylation sites (N-methyl/N-ethyl adjacent to an activating group) is 1. The number of carbonyl (C=O) groups is 4. The van der Waals surface area contributed by atoms with Gasteiger partial charge in [-0.1, -0.05) is 188 Å². The molecular formula is C63H105NO9. The van der Waals surface area contributed by atoms with Crippen molar-refractivity contribution in [1.82, 2.24) is 4.90 Å². The smallest absolute Gasteiger partial charge is 0.320 e. The van der Waals surface area contributed by atoms with Crippen LogP contribution in [0.2, 0.25) is 0 Å². The first kappa shape index (κ1) is 70.5. The van der Waals surface area contributed by atoms with Crippen molar-refractivity contribution >= 4 is 23.9 Å². The summed E-state index contributed by atoms with van der Waals surface area (Å²) in [6.07, 6.45) is 70.9. The molecule has 1 rings (SSSR count). The van der Waals surface area contributed by atoms with E-state index in [-0.39, 0.29) is 31.2 Å². The van der Waals surface area contributed by atoms with Gasteiger partial charge in [-0.3, -0.25) is 24.1 Å². The topological polar surface area (TPSA) is 140 Å². The minimum atomic E-state index is -0.675. The number of unbranched alkanes of at least 4 members (excludes halogenated alkanes) is 15. The highest BCUT2D eigenvalue weighted by molar-refractivity contribution is 5.71. The summed E-state index contributed by atoms with van der Waals surface area (Å²) in [7, 11) is 3.63. The maximum atomic E-state index is 12.0. The summed E-state index contributed by atoms with van der Waals surface area (Å²) in [5.41, 5.74) is 0. The Balaban J connectivity index is 0. The third-order valence-electron chi connectivity index (χ3n) is 11.3. The lowest BCUT2D eigenvalue weighted by molar-refractivity contribution is -0.180. The standard InChI is InChI=1S/C27H45NO5.2C18H30O2/c1-4-5-6-7-8-9-10-11-12-13-14-15-16-17-18-19-25(29)33-27-21-20-24(32-27)23-31-26(30)22-28(2)3;2*1-2-3-4-5-6-7-8-9-10-11-12-13-14-15-16-17-18(19)20/h5-6,8-9,11-12,24,27H,4,7,10,13-23H2,1-3H3;2*3-4,6-7,9-10H,2,5,8,11-17H2,1H3,(H,19,20)/b6-5-,9-8-,12-11-;2*4-3-,7-6-,10-9-/t24-,27-;;/m0../s1. The second-order valence-corrected chi connectivity index (χ2v) is 18.8. The number of carboxylic acids is 2. The number of nitrogens with zero attached hydrogens (tertiary/aromatic N) is 1. The molecule has 0 aromatic rings. The number of carboxylic acid groups (broad SMARTS) is 2. The molecule has 0 aromatic carbocycles. The van der Waals surface area contributed by atoms with Gasteiger partial charge in [0.1, 0.15) is 6.61 Å². The van der Waals surface area contributed by atoms with E-state index in [1.807, 2.05) is 14.1 Å². The second-order valence-electron chi connectivity index (χ2n) is 18.8. The largest absolute Gasteiger partial charge is 0.481 e. The van der Waals surface area contributed by atoms with Gasteiger partial charge in [-0.25, -0.2) is 0 Å². The van der Waals surface area contributed by atoms with Crippen molar-refractivity contribution in [1.29, 1.82) is 0 Å². The van der Waals surface area contributed by atoms with Gasteiger partial charge >= 0.3 is 23.9 Å². The number of hydrogen-bond donors (Lipinski definition) is 2. The predicted molar refractivity (Wildman–Crippen MR) is 307 cm³/mol. The summed E-state index contributed by atoms with van der Waals surface area (Å²) >= 11 is 0. The molecule has 1 heterocycles. The molecule has 0 radical (unpaired) electrons. The fraction of sp³-hybridized carbons (Fsp3) is 0.651. The van der Waals surface area contributed by atoms with Crippen molar-refractivity contribution < 1.29 is 43.6 Å². The third-order valence-corrected chi connectivity index (χ3v) is 11.3. The first-order chi connectivity index (χ1) is 35.5. The van der Waals surface area contributed by atoms with E-state index in [0.717, 1.165) is 141 Å². The molecule has 0 amide bonds. The Bertz CT molecular complexity index is 1510. The second kappa shape index (κ2) is 58.4. The highest BCUT2D eigenvalue weighted by atomic mass is 16.7. The molecule has 416 valence electrons. The normalized spacial score (nSPS) is 15.1. The van der Waals surface area contributed by atoms with Crippen molar-refractivity contribution in [2.45, 2.75) is 239 Å². The quantitative estimate of drug-likeness (QED) is 0.0344. The van der Waals surface area contributed by atoms with Crippen LogP contribution in [-0.4, -0.2) is 78.6 Å². The molecule has 0 aliphatic carbocycles. The number of aliphatic carboxylic acids is 2. The monoisotopic (exact) mass is 1020 g/mol. The number of rotatable bonds is 44. The van der Waals surface area contributed by atoms with Gasteiger partial charge in [0.2, 0.25) is 6.29 Å². The molecule has 0 spiro atoms. The van der Waals surface area contributed by atoms with Crippen LogP contribution in [0.15, 0.2) is 109 Å². The lowest BCUT2D eigenvalue weighted by atomic mass is 10.1. The van der Waals surface area contributed by atoms with Crippen LogP contribution in [0.25, 0.3) is 0 Å². The number of hydrogen-bond acceptors (Lipinski definition) is 8. The van der Waals surface area contributed by atoms with Crippen LogP contribution in [-0.2, 0) is 33.4 Å². The third kappa shape index (κ3) is 61.7. The number of esters is 2. The van der Waals surface area contributed by atoms with E-state index in [9.17, 15) is 19.2 Å². The van der Waals surface area contributed by atoms with Gasteiger partial charge < -0.3 is 24.4 Å². The molecule has 10 nitrogen and oxygen atoms in total. The fourth-order valence-corrected chi connectivity index (χ4v) is 7.26. The van der Waals surface area contributed by atoms with Crippen molar-refractivity contribution in [3.63, 3.8) is 0 Å². The van der Waals surface area contributed by atoms with E-state index in [0.29, 0.717) is 25.7 Å². The molecule has 2 atom stereocenters. The molecule has 1 saturated heterocycles. The van der Waals surface area contributed by atoms with Crippen LogP contribution in [0, 0.1) is 0 Å². The van der Waals surface area contributed by atoms with Gasteiger partial charge in [0.05, 0.1) is 12.6 Å². The van der Waals surface area contributed by atoms with E-state index in [1.54, 1.807) is 4.90 Å². The Hall–Kier alpha value is -4.54. The van der Waals surface area contributed by atoms with Crippen LogP contribution in [0.3, 0.4) is 0 Å². The maximum absolute atomic E-state index is 12.0.